The van der Waals surface area contributed by atoms with Crippen molar-refractivity contribution >= 4 is 23.2 Å². The first kappa shape index (κ1) is 10.5. The Labute approximate surface area is 97.4 Å². The van der Waals surface area contributed by atoms with E-state index in [0.717, 1.165) is 17.0 Å². The Morgan fingerprint density at radius 3 is 2.60 bits per heavy atom. The van der Waals surface area contributed by atoms with E-state index in [0.29, 0.717) is 11.0 Å². The van der Waals surface area contributed by atoms with E-state index in [4.69, 9.17) is 23.2 Å². The predicted molar refractivity (Wildman–Crippen MR) is 60.0 cm³/mol. The van der Waals surface area contributed by atoms with Crippen LogP contribution in [0.25, 0.3) is 11.4 Å². The number of aromatic nitrogens is 4. The van der Waals surface area contributed by atoms with Gasteiger partial charge in [-0.2, -0.15) is 10.2 Å². The van der Waals surface area contributed by atoms with Gasteiger partial charge in [0.1, 0.15) is 10.8 Å². The summed E-state index contributed by atoms with van der Waals surface area (Å²) in [4.78, 5) is 0. The van der Waals surface area contributed by atoms with Crippen molar-refractivity contribution in [3.05, 3.63) is 23.0 Å². The summed E-state index contributed by atoms with van der Waals surface area (Å²) >= 11 is 11.9. The van der Waals surface area contributed by atoms with E-state index in [2.05, 4.69) is 10.2 Å². The molecule has 0 atom stereocenters. The molecule has 0 aromatic carbocycles. The third-order valence-corrected chi connectivity index (χ3v) is 3.01. The second-order valence-electron chi connectivity index (χ2n) is 3.22. The van der Waals surface area contributed by atoms with Crippen LogP contribution in [0, 0.1) is 0 Å². The lowest BCUT2D eigenvalue weighted by Gasteiger charge is -1.99. The van der Waals surface area contributed by atoms with Crippen LogP contribution in [-0.2, 0) is 20.0 Å². The Bertz CT molecular complexity index is 486. The Hall–Kier alpha value is -1.00. The maximum Gasteiger partial charge on any atom is 0.131 e. The summed E-state index contributed by atoms with van der Waals surface area (Å²) in [5.74, 6) is 0.340. The Morgan fingerprint density at radius 1 is 1.33 bits per heavy atom. The summed E-state index contributed by atoms with van der Waals surface area (Å²) in [6.45, 7) is 0. The molecule has 0 radical (unpaired) electrons. The molecule has 6 heteroatoms. The Kier molecular flexibility index (Phi) is 2.71. The SMILES string of the molecule is Cn1nccc1-c1nn(C)c(Cl)c1CCl. The molecule has 0 bridgehead atoms. The van der Waals surface area contributed by atoms with Crippen LogP contribution >= 0.6 is 23.2 Å². The van der Waals surface area contributed by atoms with Crippen LogP contribution in [-0.4, -0.2) is 19.6 Å². The molecule has 15 heavy (non-hydrogen) atoms. The van der Waals surface area contributed by atoms with E-state index in [1.165, 1.54) is 0 Å². The first-order valence-corrected chi connectivity index (χ1v) is 5.32. The van der Waals surface area contributed by atoms with E-state index in [-0.39, 0.29) is 0 Å². The van der Waals surface area contributed by atoms with Gasteiger partial charge in [0.05, 0.1) is 11.6 Å². The lowest BCUT2D eigenvalue weighted by atomic mass is 10.2. The zero-order valence-electron chi connectivity index (χ0n) is 8.41. The van der Waals surface area contributed by atoms with Gasteiger partial charge in [0, 0.05) is 25.9 Å². The maximum absolute atomic E-state index is 6.07. The van der Waals surface area contributed by atoms with Gasteiger partial charge in [-0.05, 0) is 6.07 Å². The van der Waals surface area contributed by atoms with E-state index in [9.17, 15) is 0 Å². The topological polar surface area (TPSA) is 35.6 Å². The minimum Gasteiger partial charge on any atom is -0.266 e. The molecule has 0 saturated carbocycles. The summed E-state index contributed by atoms with van der Waals surface area (Å²) in [6, 6.07) is 1.88. The summed E-state index contributed by atoms with van der Waals surface area (Å²) in [7, 11) is 3.65. The van der Waals surface area contributed by atoms with Gasteiger partial charge in [-0.15, -0.1) is 11.6 Å². The average Bonchev–Trinajstić information content (AvgIpc) is 2.73. The van der Waals surface area contributed by atoms with Crippen molar-refractivity contribution in [1.29, 1.82) is 0 Å². The van der Waals surface area contributed by atoms with Gasteiger partial charge in [-0.1, -0.05) is 11.6 Å². The molecule has 0 aliphatic heterocycles. The molecule has 0 unspecified atom stereocenters. The van der Waals surface area contributed by atoms with Crippen LogP contribution in [0.3, 0.4) is 0 Å². The van der Waals surface area contributed by atoms with Gasteiger partial charge in [0.2, 0.25) is 0 Å². The molecule has 2 aromatic heterocycles. The number of nitrogens with zero attached hydrogens (tertiary/aromatic N) is 4. The smallest absolute Gasteiger partial charge is 0.131 e. The van der Waals surface area contributed by atoms with Gasteiger partial charge >= 0.3 is 0 Å². The molecule has 2 heterocycles. The van der Waals surface area contributed by atoms with Crippen LogP contribution in [0.2, 0.25) is 5.15 Å². The normalized spacial score (nSPS) is 10.9. The minimum atomic E-state index is 0.340. The molecule has 2 aromatic rings. The van der Waals surface area contributed by atoms with Crippen LogP contribution in [0.1, 0.15) is 5.56 Å². The van der Waals surface area contributed by atoms with E-state index in [1.807, 2.05) is 13.1 Å². The predicted octanol–water partition coefficient (Wildman–Crippen LogP) is 2.21. The second-order valence-corrected chi connectivity index (χ2v) is 3.84. The zero-order valence-corrected chi connectivity index (χ0v) is 9.92. The number of hydrogen-bond donors (Lipinski definition) is 0. The molecule has 0 saturated heterocycles. The number of rotatable bonds is 2. The van der Waals surface area contributed by atoms with Crippen molar-refractivity contribution < 1.29 is 0 Å². The summed E-state index contributed by atoms with van der Waals surface area (Å²) in [6.07, 6.45) is 1.72. The Morgan fingerprint density at radius 2 is 2.07 bits per heavy atom. The summed E-state index contributed by atoms with van der Waals surface area (Å²) in [5.41, 5.74) is 2.54. The number of alkyl halides is 1. The van der Waals surface area contributed by atoms with Crippen molar-refractivity contribution in [2.45, 2.75) is 5.88 Å². The molecule has 0 aliphatic carbocycles. The van der Waals surface area contributed by atoms with Gasteiger partial charge in [-0.3, -0.25) is 9.36 Å². The molecule has 0 amide bonds. The van der Waals surface area contributed by atoms with Crippen LogP contribution in [0.5, 0.6) is 0 Å². The molecule has 2 rings (SSSR count). The average molecular weight is 245 g/mol. The maximum atomic E-state index is 6.07. The zero-order chi connectivity index (χ0) is 11.0. The molecule has 80 valence electrons. The van der Waals surface area contributed by atoms with E-state index in [1.54, 1.807) is 22.6 Å². The van der Waals surface area contributed by atoms with Crippen molar-refractivity contribution in [3.8, 4) is 11.4 Å². The number of aryl methyl sites for hydroxylation is 2. The molecule has 0 spiro atoms. The second kappa shape index (κ2) is 3.87. The highest BCUT2D eigenvalue weighted by atomic mass is 35.5. The van der Waals surface area contributed by atoms with Crippen molar-refractivity contribution in [2.24, 2.45) is 14.1 Å². The number of hydrogen-bond acceptors (Lipinski definition) is 2. The quantitative estimate of drug-likeness (QED) is 0.760. The lowest BCUT2D eigenvalue weighted by molar-refractivity contribution is 0.750. The van der Waals surface area contributed by atoms with Crippen molar-refractivity contribution in [3.63, 3.8) is 0 Å². The third-order valence-electron chi connectivity index (χ3n) is 2.27. The molecule has 0 N–H and O–H groups in total. The van der Waals surface area contributed by atoms with E-state index >= 15 is 0 Å². The van der Waals surface area contributed by atoms with Crippen molar-refractivity contribution in [2.75, 3.05) is 0 Å². The monoisotopic (exact) mass is 244 g/mol. The van der Waals surface area contributed by atoms with Gasteiger partial charge < -0.3 is 0 Å². The summed E-state index contributed by atoms with van der Waals surface area (Å²) in [5, 5.41) is 8.98. The highest BCUT2D eigenvalue weighted by molar-refractivity contribution is 6.31. The fourth-order valence-electron chi connectivity index (χ4n) is 1.48. The molecule has 0 aliphatic rings. The molecular weight excluding hydrogens is 235 g/mol. The third kappa shape index (κ3) is 1.64. The molecular formula is C9H10Cl2N4. The van der Waals surface area contributed by atoms with Crippen molar-refractivity contribution in [1.82, 2.24) is 19.6 Å². The fraction of sp³-hybridized carbons (Fsp3) is 0.333. The van der Waals surface area contributed by atoms with Gasteiger partial charge in [-0.25, -0.2) is 0 Å². The largest absolute Gasteiger partial charge is 0.266 e. The van der Waals surface area contributed by atoms with Gasteiger partial charge in [0.25, 0.3) is 0 Å². The fourth-order valence-corrected chi connectivity index (χ4v) is 1.99. The standard InChI is InChI=1S/C9H10Cl2N4/c1-14-7(3-4-12-14)8-6(5-10)9(11)15(2)13-8/h3-4H,5H2,1-2H3. The summed E-state index contributed by atoms with van der Waals surface area (Å²) < 4.78 is 3.36. The van der Waals surface area contributed by atoms with E-state index < -0.39 is 0 Å². The van der Waals surface area contributed by atoms with Crippen LogP contribution in [0.15, 0.2) is 12.3 Å². The molecule has 0 fully saturated rings. The lowest BCUT2D eigenvalue weighted by Crippen LogP contribution is -1.96. The number of halogens is 2. The minimum absolute atomic E-state index is 0.340. The molecule has 4 nitrogen and oxygen atoms in total. The highest BCUT2D eigenvalue weighted by Gasteiger charge is 2.17. The highest BCUT2D eigenvalue weighted by Crippen LogP contribution is 2.28. The van der Waals surface area contributed by atoms with Crippen LogP contribution < -0.4 is 0 Å². The first-order chi connectivity index (χ1) is 7.15. The van der Waals surface area contributed by atoms with Crippen LogP contribution in [0.4, 0.5) is 0 Å². The van der Waals surface area contributed by atoms with Gasteiger partial charge in [0.15, 0.2) is 0 Å². The first-order valence-electron chi connectivity index (χ1n) is 4.41. The Balaban J connectivity index is 2.63.